The summed E-state index contributed by atoms with van der Waals surface area (Å²) in [5.41, 5.74) is 2.40. The van der Waals surface area contributed by atoms with E-state index in [4.69, 9.17) is 0 Å². The third-order valence-corrected chi connectivity index (χ3v) is 4.23. The van der Waals surface area contributed by atoms with Crippen molar-refractivity contribution in [2.24, 2.45) is 0 Å². The standard InChI is InChI=1S/C19H19FN2O2/c1-13-4-2-3-5-17(13)19(24)21-16-10-18(23)22(12-16)11-14-6-8-15(20)9-7-14/h2-9,16H,10-12H2,1H3,(H,21,24). The molecule has 0 saturated carbocycles. The number of nitrogens with zero attached hydrogens (tertiary/aromatic N) is 1. The third kappa shape index (κ3) is 3.62. The summed E-state index contributed by atoms with van der Waals surface area (Å²) in [6.07, 6.45) is 0.290. The van der Waals surface area contributed by atoms with Gasteiger partial charge in [-0.15, -0.1) is 0 Å². The highest BCUT2D eigenvalue weighted by Crippen LogP contribution is 2.16. The minimum absolute atomic E-state index is 0.00518. The zero-order valence-corrected chi connectivity index (χ0v) is 13.5. The van der Waals surface area contributed by atoms with Crippen LogP contribution in [0.15, 0.2) is 48.5 Å². The zero-order chi connectivity index (χ0) is 17.1. The maximum absolute atomic E-state index is 12.9. The topological polar surface area (TPSA) is 49.4 Å². The van der Waals surface area contributed by atoms with Gasteiger partial charge in [0, 0.05) is 25.1 Å². The lowest BCUT2D eigenvalue weighted by Gasteiger charge is -2.17. The summed E-state index contributed by atoms with van der Waals surface area (Å²) in [6.45, 7) is 2.78. The highest BCUT2D eigenvalue weighted by molar-refractivity contribution is 5.96. The van der Waals surface area contributed by atoms with Gasteiger partial charge in [-0.2, -0.15) is 0 Å². The van der Waals surface area contributed by atoms with Crippen molar-refractivity contribution in [2.45, 2.75) is 25.9 Å². The van der Waals surface area contributed by atoms with Gasteiger partial charge in [-0.3, -0.25) is 9.59 Å². The van der Waals surface area contributed by atoms with Gasteiger partial charge in [-0.25, -0.2) is 4.39 Å². The van der Waals surface area contributed by atoms with E-state index in [1.165, 1.54) is 12.1 Å². The molecule has 1 heterocycles. The molecule has 1 N–H and O–H groups in total. The van der Waals surface area contributed by atoms with Gasteiger partial charge in [0.05, 0.1) is 6.04 Å². The predicted molar refractivity (Wildman–Crippen MR) is 88.9 cm³/mol. The molecular weight excluding hydrogens is 307 g/mol. The Morgan fingerprint density at radius 1 is 1.21 bits per heavy atom. The molecule has 2 amide bonds. The molecule has 4 nitrogen and oxygen atoms in total. The van der Waals surface area contributed by atoms with Crippen LogP contribution in [0.4, 0.5) is 4.39 Å². The van der Waals surface area contributed by atoms with Gasteiger partial charge in [0.15, 0.2) is 0 Å². The van der Waals surface area contributed by atoms with E-state index >= 15 is 0 Å². The number of nitrogens with one attached hydrogen (secondary N) is 1. The smallest absolute Gasteiger partial charge is 0.251 e. The molecule has 1 atom stereocenters. The summed E-state index contributed by atoms with van der Waals surface area (Å²) in [5, 5.41) is 2.93. The van der Waals surface area contributed by atoms with E-state index < -0.39 is 0 Å². The maximum Gasteiger partial charge on any atom is 0.251 e. The van der Waals surface area contributed by atoms with Crippen LogP contribution in [0.3, 0.4) is 0 Å². The quantitative estimate of drug-likeness (QED) is 0.939. The van der Waals surface area contributed by atoms with Crippen molar-refractivity contribution in [3.05, 3.63) is 71.0 Å². The number of hydrogen-bond acceptors (Lipinski definition) is 2. The number of halogens is 1. The molecule has 0 spiro atoms. The molecule has 0 bridgehead atoms. The van der Waals surface area contributed by atoms with Crippen LogP contribution in [-0.2, 0) is 11.3 Å². The van der Waals surface area contributed by atoms with Gasteiger partial charge in [0.2, 0.25) is 5.91 Å². The Morgan fingerprint density at radius 2 is 1.92 bits per heavy atom. The molecule has 0 aliphatic carbocycles. The first-order valence-electron chi connectivity index (χ1n) is 7.91. The Morgan fingerprint density at radius 3 is 2.62 bits per heavy atom. The molecule has 2 aromatic rings. The van der Waals surface area contributed by atoms with E-state index in [-0.39, 0.29) is 23.7 Å². The van der Waals surface area contributed by atoms with E-state index in [0.717, 1.165) is 11.1 Å². The summed E-state index contributed by atoms with van der Waals surface area (Å²) in [7, 11) is 0. The minimum Gasteiger partial charge on any atom is -0.347 e. The number of hydrogen-bond donors (Lipinski definition) is 1. The zero-order valence-electron chi connectivity index (χ0n) is 13.5. The van der Waals surface area contributed by atoms with Gasteiger partial charge in [0.1, 0.15) is 5.82 Å². The molecule has 1 aliphatic rings. The molecule has 1 aliphatic heterocycles. The van der Waals surface area contributed by atoms with E-state index in [1.807, 2.05) is 25.1 Å². The molecule has 0 radical (unpaired) electrons. The predicted octanol–water partition coefficient (Wildman–Crippen LogP) is 2.67. The number of likely N-dealkylation sites (tertiary alicyclic amines) is 1. The second-order valence-corrected chi connectivity index (χ2v) is 6.09. The molecule has 124 valence electrons. The van der Waals surface area contributed by atoms with Gasteiger partial charge in [0.25, 0.3) is 5.91 Å². The van der Waals surface area contributed by atoms with Crippen molar-refractivity contribution in [3.63, 3.8) is 0 Å². The number of amides is 2. The van der Waals surface area contributed by atoms with Crippen molar-refractivity contribution >= 4 is 11.8 Å². The first kappa shape index (κ1) is 16.2. The molecule has 0 aromatic heterocycles. The van der Waals surface area contributed by atoms with Crippen LogP contribution >= 0.6 is 0 Å². The van der Waals surface area contributed by atoms with Crippen molar-refractivity contribution in [2.75, 3.05) is 6.54 Å². The second-order valence-electron chi connectivity index (χ2n) is 6.09. The number of carbonyl (C=O) groups excluding carboxylic acids is 2. The van der Waals surface area contributed by atoms with Crippen molar-refractivity contribution in [1.29, 1.82) is 0 Å². The normalized spacial score (nSPS) is 17.2. The summed E-state index contributed by atoms with van der Waals surface area (Å²) < 4.78 is 12.9. The monoisotopic (exact) mass is 326 g/mol. The van der Waals surface area contributed by atoms with Crippen LogP contribution in [0, 0.1) is 12.7 Å². The first-order valence-corrected chi connectivity index (χ1v) is 7.91. The average molecular weight is 326 g/mol. The van der Waals surface area contributed by atoms with Crippen LogP contribution in [0.1, 0.15) is 27.9 Å². The van der Waals surface area contributed by atoms with Gasteiger partial charge >= 0.3 is 0 Å². The summed E-state index contributed by atoms with van der Waals surface area (Å²) in [6, 6.07) is 13.3. The minimum atomic E-state index is -0.296. The number of carbonyl (C=O) groups is 2. The molecule has 24 heavy (non-hydrogen) atoms. The Labute approximate surface area is 140 Å². The van der Waals surface area contributed by atoms with Crippen LogP contribution < -0.4 is 5.32 Å². The Hall–Kier alpha value is -2.69. The third-order valence-electron chi connectivity index (χ3n) is 4.23. The van der Waals surface area contributed by atoms with Crippen molar-refractivity contribution in [3.8, 4) is 0 Å². The molecule has 2 aromatic carbocycles. The molecular formula is C19H19FN2O2. The molecule has 1 unspecified atom stereocenters. The van der Waals surface area contributed by atoms with Crippen LogP contribution in [0.5, 0.6) is 0 Å². The number of rotatable bonds is 4. The SMILES string of the molecule is Cc1ccccc1C(=O)NC1CC(=O)N(Cc2ccc(F)cc2)C1. The van der Waals surface area contributed by atoms with E-state index in [1.54, 1.807) is 23.1 Å². The highest BCUT2D eigenvalue weighted by Gasteiger charge is 2.30. The highest BCUT2D eigenvalue weighted by atomic mass is 19.1. The number of aryl methyl sites for hydroxylation is 1. The Balaban J connectivity index is 1.61. The van der Waals surface area contributed by atoms with Crippen molar-refractivity contribution < 1.29 is 14.0 Å². The summed E-state index contributed by atoms with van der Waals surface area (Å²) in [4.78, 5) is 26.2. The maximum atomic E-state index is 12.9. The van der Waals surface area contributed by atoms with Gasteiger partial charge < -0.3 is 10.2 Å². The van der Waals surface area contributed by atoms with Gasteiger partial charge in [-0.05, 0) is 36.2 Å². The van der Waals surface area contributed by atoms with Crippen LogP contribution in [0.25, 0.3) is 0 Å². The fraction of sp³-hybridized carbons (Fsp3) is 0.263. The van der Waals surface area contributed by atoms with E-state index in [0.29, 0.717) is 25.1 Å². The molecule has 3 rings (SSSR count). The number of benzene rings is 2. The molecule has 5 heteroatoms. The van der Waals surface area contributed by atoms with Crippen LogP contribution in [0.2, 0.25) is 0 Å². The lowest BCUT2D eigenvalue weighted by Crippen LogP contribution is -2.37. The summed E-state index contributed by atoms with van der Waals surface area (Å²) >= 11 is 0. The van der Waals surface area contributed by atoms with Crippen molar-refractivity contribution in [1.82, 2.24) is 10.2 Å². The second kappa shape index (κ2) is 6.83. The Kier molecular flexibility index (Phi) is 4.60. The fourth-order valence-electron chi connectivity index (χ4n) is 2.92. The first-order chi connectivity index (χ1) is 11.5. The van der Waals surface area contributed by atoms with Gasteiger partial charge in [-0.1, -0.05) is 30.3 Å². The summed E-state index contributed by atoms with van der Waals surface area (Å²) in [5.74, 6) is -0.459. The Bertz CT molecular complexity index is 758. The lowest BCUT2D eigenvalue weighted by molar-refractivity contribution is -0.128. The fourth-order valence-corrected chi connectivity index (χ4v) is 2.92. The van der Waals surface area contributed by atoms with E-state index in [2.05, 4.69) is 5.32 Å². The van der Waals surface area contributed by atoms with E-state index in [9.17, 15) is 14.0 Å². The molecule has 1 fully saturated rings. The average Bonchev–Trinajstić information content (AvgIpc) is 2.89. The van der Waals surface area contributed by atoms with Crippen LogP contribution in [-0.4, -0.2) is 29.3 Å². The molecule has 1 saturated heterocycles. The largest absolute Gasteiger partial charge is 0.347 e. The lowest BCUT2D eigenvalue weighted by atomic mass is 10.1.